The summed E-state index contributed by atoms with van der Waals surface area (Å²) in [5.74, 6) is -1.93. The van der Waals surface area contributed by atoms with E-state index in [-0.39, 0.29) is 13.0 Å². The smallest absolute Gasteiger partial charge is 0.328 e. The maximum Gasteiger partial charge on any atom is 0.328 e. The van der Waals surface area contributed by atoms with Crippen LogP contribution in [-0.4, -0.2) is 46.8 Å². The third-order valence-electron chi connectivity index (χ3n) is 1.69. The van der Waals surface area contributed by atoms with Gasteiger partial charge in [-0.05, 0) is 6.92 Å². The molecule has 0 unspecified atom stereocenters. The summed E-state index contributed by atoms with van der Waals surface area (Å²) in [5.41, 5.74) is 4.83. The van der Waals surface area contributed by atoms with Crippen LogP contribution < -0.4 is 16.4 Å². The van der Waals surface area contributed by atoms with Crippen molar-refractivity contribution in [1.29, 1.82) is 0 Å². The van der Waals surface area contributed by atoms with Gasteiger partial charge in [0.2, 0.25) is 5.91 Å². The summed E-state index contributed by atoms with van der Waals surface area (Å²) in [5, 5.41) is 21.9. The Labute approximate surface area is 91.8 Å². The summed E-state index contributed by atoms with van der Waals surface area (Å²) in [6.07, 6.45) is -1.26. The second kappa shape index (κ2) is 6.62. The van der Waals surface area contributed by atoms with Gasteiger partial charge in [-0.25, -0.2) is 9.59 Å². The highest BCUT2D eigenvalue weighted by Crippen LogP contribution is 1.92. The Bertz CT molecular complexity index is 279. The molecule has 6 N–H and O–H groups in total. The summed E-state index contributed by atoms with van der Waals surface area (Å²) in [6, 6.07) is -2.18. The average Bonchev–Trinajstić information content (AvgIpc) is 2.12. The number of carbonyl (C=O) groups is 3. The number of nitrogens with one attached hydrogen (secondary N) is 2. The second-order valence-corrected chi connectivity index (χ2v) is 3.17. The molecule has 0 rings (SSSR count). The second-order valence-electron chi connectivity index (χ2n) is 3.17. The van der Waals surface area contributed by atoms with Gasteiger partial charge in [-0.2, -0.15) is 0 Å². The van der Waals surface area contributed by atoms with Crippen LogP contribution in [0.25, 0.3) is 0 Å². The van der Waals surface area contributed by atoms with E-state index in [9.17, 15) is 14.4 Å². The van der Waals surface area contributed by atoms with E-state index >= 15 is 0 Å². The van der Waals surface area contributed by atoms with E-state index in [4.69, 9.17) is 15.9 Å². The maximum absolute atomic E-state index is 11.1. The number of urea groups is 1. The van der Waals surface area contributed by atoms with Crippen molar-refractivity contribution in [3.63, 3.8) is 0 Å². The molecule has 0 aromatic heterocycles. The molecule has 0 aliphatic rings. The predicted molar refractivity (Wildman–Crippen MR) is 53.5 cm³/mol. The van der Waals surface area contributed by atoms with Crippen LogP contribution in [0, 0.1) is 0 Å². The third-order valence-corrected chi connectivity index (χ3v) is 1.69. The van der Waals surface area contributed by atoms with Gasteiger partial charge in [0.05, 0.1) is 6.10 Å². The number of hydrogen-bond acceptors (Lipinski definition) is 4. The Morgan fingerprint density at radius 1 is 1.38 bits per heavy atom. The lowest BCUT2D eigenvalue weighted by molar-refractivity contribution is -0.141. The summed E-state index contributed by atoms with van der Waals surface area (Å²) in [7, 11) is 0. The standard InChI is InChI=1S/C8H15N3O5/c1-4(12)6(7(14)15)11-8(16)10-3-2-5(9)13/h4,6,12H,2-3H2,1H3,(H2,9,13)(H,14,15)(H2,10,11,16)/t4-,6+/m1/s1. The first-order valence-electron chi connectivity index (χ1n) is 4.58. The largest absolute Gasteiger partial charge is 0.480 e. The highest BCUT2D eigenvalue weighted by Gasteiger charge is 2.24. The van der Waals surface area contributed by atoms with Crippen molar-refractivity contribution in [3.05, 3.63) is 0 Å². The zero-order valence-electron chi connectivity index (χ0n) is 8.77. The van der Waals surface area contributed by atoms with Crippen molar-refractivity contribution in [2.75, 3.05) is 6.54 Å². The van der Waals surface area contributed by atoms with E-state index < -0.39 is 30.1 Å². The fraction of sp³-hybridized carbons (Fsp3) is 0.625. The lowest BCUT2D eigenvalue weighted by Gasteiger charge is -2.17. The molecule has 0 spiro atoms. The van der Waals surface area contributed by atoms with Gasteiger partial charge in [-0.15, -0.1) is 0 Å². The van der Waals surface area contributed by atoms with Gasteiger partial charge in [-0.3, -0.25) is 4.79 Å². The van der Waals surface area contributed by atoms with Crippen molar-refractivity contribution in [3.8, 4) is 0 Å². The molecular weight excluding hydrogens is 218 g/mol. The number of aliphatic hydroxyl groups excluding tert-OH is 1. The quantitative estimate of drug-likeness (QED) is 0.360. The van der Waals surface area contributed by atoms with Crippen molar-refractivity contribution in [2.24, 2.45) is 5.73 Å². The number of carboxylic acid groups (broad SMARTS) is 1. The molecule has 92 valence electrons. The molecule has 0 fully saturated rings. The fourth-order valence-corrected chi connectivity index (χ4v) is 0.880. The van der Waals surface area contributed by atoms with E-state index in [2.05, 4.69) is 5.32 Å². The first kappa shape index (κ1) is 14.2. The number of carbonyl (C=O) groups excluding carboxylic acids is 2. The van der Waals surface area contributed by atoms with Gasteiger partial charge in [-0.1, -0.05) is 0 Å². The summed E-state index contributed by atoms with van der Waals surface area (Å²) in [6.45, 7) is 1.25. The number of carboxylic acids is 1. The minimum Gasteiger partial charge on any atom is -0.480 e. The van der Waals surface area contributed by atoms with Crippen LogP contribution in [-0.2, 0) is 9.59 Å². The van der Waals surface area contributed by atoms with Crippen molar-refractivity contribution < 1.29 is 24.6 Å². The van der Waals surface area contributed by atoms with Crippen LogP contribution in [0.2, 0.25) is 0 Å². The minimum absolute atomic E-state index is 0.00726. The highest BCUT2D eigenvalue weighted by molar-refractivity contribution is 5.83. The Hall–Kier alpha value is -1.83. The van der Waals surface area contributed by atoms with Gasteiger partial charge in [0.1, 0.15) is 0 Å². The first-order valence-corrected chi connectivity index (χ1v) is 4.58. The fourth-order valence-electron chi connectivity index (χ4n) is 0.880. The molecule has 0 aliphatic heterocycles. The zero-order valence-corrected chi connectivity index (χ0v) is 8.77. The highest BCUT2D eigenvalue weighted by atomic mass is 16.4. The van der Waals surface area contributed by atoms with Crippen LogP contribution >= 0.6 is 0 Å². The predicted octanol–water partition coefficient (Wildman–Crippen LogP) is -2.00. The number of aliphatic carboxylic acids is 1. The third kappa shape index (κ3) is 5.81. The minimum atomic E-state index is -1.39. The molecule has 0 aromatic rings. The van der Waals surface area contributed by atoms with Crippen LogP contribution in [0.4, 0.5) is 4.79 Å². The summed E-state index contributed by atoms with van der Waals surface area (Å²) < 4.78 is 0. The maximum atomic E-state index is 11.1. The normalized spacial score (nSPS) is 13.6. The molecule has 0 bridgehead atoms. The molecule has 0 saturated heterocycles. The molecular formula is C8H15N3O5. The number of primary amides is 1. The van der Waals surface area contributed by atoms with Crippen LogP contribution in [0.3, 0.4) is 0 Å². The Morgan fingerprint density at radius 2 is 1.94 bits per heavy atom. The number of nitrogens with two attached hydrogens (primary N) is 1. The number of amides is 3. The zero-order chi connectivity index (χ0) is 12.7. The Morgan fingerprint density at radius 3 is 2.31 bits per heavy atom. The summed E-state index contributed by atoms with van der Waals surface area (Å²) in [4.78, 5) is 32.0. The molecule has 8 heteroatoms. The van der Waals surface area contributed by atoms with Crippen LogP contribution in [0.15, 0.2) is 0 Å². The monoisotopic (exact) mass is 233 g/mol. The Balaban J connectivity index is 4.01. The van der Waals surface area contributed by atoms with Gasteiger partial charge >= 0.3 is 12.0 Å². The van der Waals surface area contributed by atoms with Gasteiger partial charge in [0, 0.05) is 13.0 Å². The molecule has 0 saturated carbocycles. The SMILES string of the molecule is C[C@@H](O)[C@H](NC(=O)NCCC(N)=O)C(=O)O. The number of hydrogen-bond donors (Lipinski definition) is 5. The summed E-state index contributed by atoms with van der Waals surface area (Å²) >= 11 is 0. The molecule has 0 radical (unpaired) electrons. The van der Waals surface area contributed by atoms with Crippen molar-refractivity contribution in [2.45, 2.75) is 25.5 Å². The molecule has 2 atom stereocenters. The molecule has 16 heavy (non-hydrogen) atoms. The molecule has 0 aliphatic carbocycles. The van der Waals surface area contributed by atoms with Gasteiger partial charge < -0.3 is 26.6 Å². The lowest BCUT2D eigenvalue weighted by Crippen LogP contribution is -2.51. The topological polar surface area (TPSA) is 142 Å². The van der Waals surface area contributed by atoms with E-state index in [1.165, 1.54) is 6.92 Å². The average molecular weight is 233 g/mol. The van der Waals surface area contributed by atoms with Gasteiger partial charge in [0.15, 0.2) is 6.04 Å². The van der Waals surface area contributed by atoms with E-state index in [1.54, 1.807) is 0 Å². The van der Waals surface area contributed by atoms with Crippen LogP contribution in [0.5, 0.6) is 0 Å². The number of rotatable bonds is 6. The molecule has 0 aromatic carbocycles. The molecule has 0 heterocycles. The number of aliphatic hydroxyl groups is 1. The van der Waals surface area contributed by atoms with Crippen LogP contribution in [0.1, 0.15) is 13.3 Å². The van der Waals surface area contributed by atoms with Crippen molar-refractivity contribution >= 4 is 17.9 Å². The van der Waals surface area contributed by atoms with Crippen molar-refractivity contribution in [1.82, 2.24) is 10.6 Å². The molecule has 8 nitrogen and oxygen atoms in total. The van der Waals surface area contributed by atoms with Gasteiger partial charge in [0.25, 0.3) is 0 Å². The molecule has 3 amide bonds. The van der Waals surface area contributed by atoms with E-state index in [0.29, 0.717) is 0 Å². The first-order chi connectivity index (χ1) is 7.34. The Kier molecular flexibility index (Phi) is 5.86. The van der Waals surface area contributed by atoms with E-state index in [0.717, 1.165) is 0 Å². The van der Waals surface area contributed by atoms with E-state index in [1.807, 2.05) is 5.32 Å². The lowest BCUT2D eigenvalue weighted by atomic mass is 10.2.